The fraction of sp³-hybridized carbons (Fsp3) is 0.462. The van der Waals surface area contributed by atoms with Crippen LogP contribution in [0.3, 0.4) is 0 Å². The number of benzene rings is 1. The van der Waals surface area contributed by atoms with E-state index >= 15 is 0 Å². The van der Waals surface area contributed by atoms with Crippen molar-refractivity contribution in [1.29, 1.82) is 0 Å². The van der Waals surface area contributed by atoms with E-state index in [1.54, 1.807) is 0 Å². The number of anilines is 1. The molecule has 106 valence electrons. The third-order valence-corrected chi connectivity index (χ3v) is 2.44. The SMILES string of the molecule is CCCCCOC(=O)Nc1ccc(C(F)(F)F)cc1. The van der Waals surface area contributed by atoms with E-state index in [0.29, 0.717) is 6.61 Å². The Kier molecular flexibility index (Phi) is 5.66. The molecule has 1 aromatic rings. The molecule has 0 spiro atoms. The van der Waals surface area contributed by atoms with Crippen LogP contribution in [0.25, 0.3) is 0 Å². The summed E-state index contributed by atoms with van der Waals surface area (Å²) in [5.74, 6) is 0. The first kappa shape index (κ1) is 15.3. The summed E-state index contributed by atoms with van der Waals surface area (Å²) in [5.41, 5.74) is -0.483. The van der Waals surface area contributed by atoms with Gasteiger partial charge in [-0.3, -0.25) is 5.32 Å². The fourth-order valence-corrected chi connectivity index (χ4v) is 1.41. The molecule has 1 rings (SSSR count). The van der Waals surface area contributed by atoms with Crippen molar-refractivity contribution in [2.24, 2.45) is 0 Å². The van der Waals surface area contributed by atoms with Gasteiger partial charge in [0.05, 0.1) is 12.2 Å². The van der Waals surface area contributed by atoms with Crippen LogP contribution in [0.4, 0.5) is 23.7 Å². The third-order valence-electron chi connectivity index (χ3n) is 2.44. The standard InChI is InChI=1S/C13H16F3NO2/c1-2-3-4-9-19-12(18)17-11-7-5-10(6-8-11)13(14,15)16/h5-8H,2-4,9H2,1H3,(H,17,18). The van der Waals surface area contributed by atoms with Gasteiger partial charge < -0.3 is 4.74 Å². The summed E-state index contributed by atoms with van der Waals surface area (Å²) in [5, 5.41) is 2.37. The number of ether oxygens (including phenoxy) is 1. The third kappa shape index (κ3) is 5.63. The highest BCUT2D eigenvalue weighted by molar-refractivity contribution is 5.84. The summed E-state index contributed by atoms with van der Waals surface area (Å²) in [4.78, 5) is 11.3. The second kappa shape index (κ2) is 7.01. The number of alkyl halides is 3. The minimum Gasteiger partial charge on any atom is -0.449 e. The van der Waals surface area contributed by atoms with E-state index in [-0.39, 0.29) is 5.69 Å². The highest BCUT2D eigenvalue weighted by Gasteiger charge is 2.29. The molecule has 0 unspecified atom stereocenters. The average molecular weight is 275 g/mol. The van der Waals surface area contributed by atoms with Crippen molar-refractivity contribution in [3.05, 3.63) is 29.8 Å². The molecule has 3 nitrogen and oxygen atoms in total. The molecule has 0 aliphatic carbocycles. The van der Waals surface area contributed by atoms with Crippen LogP contribution in [-0.4, -0.2) is 12.7 Å². The van der Waals surface area contributed by atoms with E-state index in [4.69, 9.17) is 4.74 Å². The van der Waals surface area contributed by atoms with Crippen LogP contribution in [0.1, 0.15) is 31.7 Å². The highest BCUT2D eigenvalue weighted by Crippen LogP contribution is 2.29. The molecule has 0 bridgehead atoms. The van der Waals surface area contributed by atoms with Crippen molar-refractivity contribution >= 4 is 11.8 Å². The van der Waals surface area contributed by atoms with Crippen molar-refractivity contribution in [2.45, 2.75) is 32.4 Å². The van der Waals surface area contributed by atoms with Crippen LogP contribution < -0.4 is 5.32 Å². The molecule has 0 saturated heterocycles. The van der Waals surface area contributed by atoms with Gasteiger partial charge in [0.1, 0.15) is 0 Å². The molecule has 19 heavy (non-hydrogen) atoms. The molecule has 0 atom stereocenters. The van der Waals surface area contributed by atoms with Crippen LogP contribution >= 0.6 is 0 Å². The number of nitrogens with one attached hydrogen (secondary N) is 1. The van der Waals surface area contributed by atoms with Crippen LogP contribution in [0.2, 0.25) is 0 Å². The van der Waals surface area contributed by atoms with Gasteiger partial charge in [0.15, 0.2) is 0 Å². The Morgan fingerprint density at radius 1 is 1.21 bits per heavy atom. The lowest BCUT2D eigenvalue weighted by Gasteiger charge is -2.09. The Hall–Kier alpha value is -1.72. The van der Waals surface area contributed by atoms with Gasteiger partial charge in [0.2, 0.25) is 0 Å². The highest BCUT2D eigenvalue weighted by atomic mass is 19.4. The zero-order chi connectivity index (χ0) is 14.3. The van der Waals surface area contributed by atoms with E-state index in [0.717, 1.165) is 31.4 Å². The quantitative estimate of drug-likeness (QED) is 0.806. The second-order valence-electron chi connectivity index (χ2n) is 4.04. The minimum absolute atomic E-state index is 0.272. The Morgan fingerprint density at radius 2 is 1.84 bits per heavy atom. The molecule has 0 heterocycles. The summed E-state index contributed by atoms with van der Waals surface area (Å²) in [7, 11) is 0. The van der Waals surface area contributed by atoms with Crippen LogP contribution in [0.5, 0.6) is 0 Å². The number of halogens is 3. The number of amides is 1. The minimum atomic E-state index is -4.38. The zero-order valence-electron chi connectivity index (χ0n) is 10.6. The maximum absolute atomic E-state index is 12.3. The zero-order valence-corrected chi connectivity index (χ0v) is 10.6. The Bertz CT molecular complexity index is 401. The molecule has 0 fully saturated rings. The normalized spacial score (nSPS) is 11.2. The first-order valence-electron chi connectivity index (χ1n) is 6.04. The van der Waals surface area contributed by atoms with Crippen LogP contribution in [0.15, 0.2) is 24.3 Å². The van der Waals surface area contributed by atoms with Gasteiger partial charge >= 0.3 is 12.3 Å². The lowest BCUT2D eigenvalue weighted by Crippen LogP contribution is -2.14. The summed E-state index contributed by atoms with van der Waals surface area (Å²) >= 11 is 0. The summed E-state index contributed by atoms with van der Waals surface area (Å²) in [6.45, 7) is 2.34. The molecule has 1 aromatic carbocycles. The van der Waals surface area contributed by atoms with Crippen LogP contribution in [-0.2, 0) is 10.9 Å². The first-order chi connectivity index (χ1) is 8.93. The molecule has 0 aliphatic rings. The molecule has 0 saturated carbocycles. The average Bonchev–Trinajstić information content (AvgIpc) is 2.34. The summed E-state index contributed by atoms with van der Waals surface area (Å²) < 4.78 is 41.8. The van der Waals surface area contributed by atoms with E-state index in [1.165, 1.54) is 12.1 Å². The topological polar surface area (TPSA) is 38.3 Å². The van der Waals surface area contributed by atoms with Gasteiger partial charge in [0.25, 0.3) is 0 Å². The number of unbranched alkanes of at least 4 members (excludes halogenated alkanes) is 2. The molecule has 1 N–H and O–H groups in total. The lowest BCUT2D eigenvalue weighted by molar-refractivity contribution is -0.137. The number of carbonyl (C=O) groups is 1. The maximum atomic E-state index is 12.3. The van der Waals surface area contributed by atoms with E-state index in [1.807, 2.05) is 6.92 Å². The summed E-state index contributed by atoms with van der Waals surface area (Å²) in [6, 6.07) is 4.20. The van der Waals surface area contributed by atoms with Gasteiger partial charge in [0, 0.05) is 5.69 Å². The van der Waals surface area contributed by atoms with E-state index in [2.05, 4.69) is 5.32 Å². The molecule has 0 aliphatic heterocycles. The van der Waals surface area contributed by atoms with Gasteiger partial charge in [-0.1, -0.05) is 19.8 Å². The fourth-order valence-electron chi connectivity index (χ4n) is 1.41. The van der Waals surface area contributed by atoms with E-state index in [9.17, 15) is 18.0 Å². The number of rotatable bonds is 5. The molecule has 6 heteroatoms. The van der Waals surface area contributed by atoms with Gasteiger partial charge in [-0.25, -0.2) is 4.79 Å². The maximum Gasteiger partial charge on any atom is 0.416 e. The predicted octanol–water partition coefficient (Wildman–Crippen LogP) is 4.44. The molecule has 1 amide bonds. The molecular formula is C13H16F3NO2. The number of hydrogen-bond acceptors (Lipinski definition) is 2. The van der Waals surface area contributed by atoms with Crippen molar-refractivity contribution in [1.82, 2.24) is 0 Å². The van der Waals surface area contributed by atoms with Gasteiger partial charge in [-0.2, -0.15) is 13.2 Å². The monoisotopic (exact) mass is 275 g/mol. The smallest absolute Gasteiger partial charge is 0.416 e. The van der Waals surface area contributed by atoms with Crippen LogP contribution in [0, 0.1) is 0 Å². The Balaban J connectivity index is 2.43. The molecule has 0 aromatic heterocycles. The number of carbonyl (C=O) groups excluding carboxylic acids is 1. The first-order valence-corrected chi connectivity index (χ1v) is 6.04. The number of hydrogen-bond donors (Lipinski definition) is 1. The molecular weight excluding hydrogens is 259 g/mol. The van der Waals surface area contributed by atoms with Gasteiger partial charge in [-0.05, 0) is 30.7 Å². The predicted molar refractivity (Wildman–Crippen MR) is 65.9 cm³/mol. The van der Waals surface area contributed by atoms with Gasteiger partial charge in [-0.15, -0.1) is 0 Å². The van der Waals surface area contributed by atoms with Crippen molar-refractivity contribution in [2.75, 3.05) is 11.9 Å². The van der Waals surface area contributed by atoms with Crippen molar-refractivity contribution in [3.8, 4) is 0 Å². The Morgan fingerprint density at radius 3 is 2.37 bits per heavy atom. The summed E-state index contributed by atoms with van der Waals surface area (Å²) in [6.07, 6.45) is -2.27. The van der Waals surface area contributed by atoms with Crippen molar-refractivity contribution in [3.63, 3.8) is 0 Å². The Labute approximate surface area is 109 Å². The largest absolute Gasteiger partial charge is 0.449 e. The van der Waals surface area contributed by atoms with E-state index < -0.39 is 17.8 Å². The lowest BCUT2D eigenvalue weighted by atomic mass is 10.2. The second-order valence-corrected chi connectivity index (χ2v) is 4.04. The van der Waals surface area contributed by atoms with Crippen molar-refractivity contribution < 1.29 is 22.7 Å². The molecule has 0 radical (unpaired) electrons.